The van der Waals surface area contributed by atoms with E-state index in [0.717, 1.165) is 22.3 Å². The second-order valence-corrected chi connectivity index (χ2v) is 13.7. The third-order valence-electron chi connectivity index (χ3n) is 8.53. The lowest BCUT2D eigenvalue weighted by atomic mass is 10.0. The number of rotatable bonds is 14. The largest absolute Gasteiger partial charge is 0.476 e. The molecule has 12 heteroatoms. The van der Waals surface area contributed by atoms with Crippen molar-refractivity contribution in [2.75, 3.05) is 13.2 Å². The molecule has 54 heavy (non-hydrogen) atoms. The van der Waals surface area contributed by atoms with Crippen molar-refractivity contribution >= 4 is 23.9 Å². The zero-order valence-electron chi connectivity index (χ0n) is 30.6. The van der Waals surface area contributed by atoms with Gasteiger partial charge in [0.25, 0.3) is 11.8 Å². The van der Waals surface area contributed by atoms with Gasteiger partial charge in [0.1, 0.15) is 18.0 Å². The van der Waals surface area contributed by atoms with Crippen LogP contribution in [-0.2, 0) is 32.7 Å². The fourth-order valence-electron chi connectivity index (χ4n) is 5.92. The van der Waals surface area contributed by atoms with Crippen molar-refractivity contribution in [1.82, 2.24) is 15.1 Å². The summed E-state index contributed by atoms with van der Waals surface area (Å²) in [7, 11) is 1.94. The van der Waals surface area contributed by atoms with Gasteiger partial charge >= 0.3 is 12.1 Å². The summed E-state index contributed by atoms with van der Waals surface area (Å²) in [5, 5.41) is 3.44. The normalized spacial score (nSPS) is 13.1. The van der Waals surface area contributed by atoms with E-state index in [1.54, 1.807) is 36.4 Å². The third kappa shape index (κ3) is 9.20. The Hall–Kier alpha value is -6.27. The lowest BCUT2D eigenvalue weighted by Crippen LogP contribution is -2.40. The van der Waals surface area contributed by atoms with E-state index in [1.165, 1.54) is 0 Å². The van der Waals surface area contributed by atoms with Gasteiger partial charge in [0.2, 0.25) is 12.3 Å². The van der Waals surface area contributed by atoms with Crippen LogP contribution in [0, 0.1) is 0 Å². The fourth-order valence-corrected chi connectivity index (χ4v) is 5.92. The van der Waals surface area contributed by atoms with Gasteiger partial charge in [0.15, 0.2) is 13.2 Å². The van der Waals surface area contributed by atoms with Gasteiger partial charge in [0, 0.05) is 6.54 Å². The molecule has 3 amide bonds. The number of ether oxygens (including phenoxy) is 3. The molecule has 6 rings (SSSR count). The van der Waals surface area contributed by atoms with Crippen molar-refractivity contribution in [3.8, 4) is 16.9 Å². The molecule has 1 aromatic heterocycles. The number of alkyl carbamates (subject to hydrolysis) is 1. The molecule has 278 valence electrons. The van der Waals surface area contributed by atoms with Crippen molar-refractivity contribution in [3.63, 3.8) is 0 Å². The van der Waals surface area contributed by atoms with Crippen LogP contribution < -0.4 is 14.7 Å². The number of imide groups is 1. The smallest absolute Gasteiger partial charge is 0.407 e. The number of amides is 3. The summed E-state index contributed by atoms with van der Waals surface area (Å²) in [4.78, 5) is 57.7. The van der Waals surface area contributed by atoms with Crippen LogP contribution in [0.25, 0.3) is 11.1 Å². The first-order valence-corrected chi connectivity index (χ1v) is 17.7. The molecule has 0 saturated heterocycles. The van der Waals surface area contributed by atoms with E-state index in [0.29, 0.717) is 30.3 Å². The Morgan fingerprint density at radius 2 is 1.35 bits per heavy atom. The van der Waals surface area contributed by atoms with E-state index in [1.807, 2.05) is 122 Å². The Morgan fingerprint density at radius 1 is 0.778 bits per heavy atom. The van der Waals surface area contributed by atoms with Crippen LogP contribution in [-0.4, -0.2) is 58.5 Å². The van der Waals surface area contributed by atoms with Gasteiger partial charge in [-0.2, -0.15) is 4.68 Å². The molecule has 1 unspecified atom stereocenters. The van der Waals surface area contributed by atoms with Gasteiger partial charge in [0.05, 0.1) is 29.4 Å². The predicted molar refractivity (Wildman–Crippen MR) is 198 cm³/mol. The third-order valence-corrected chi connectivity index (χ3v) is 8.53. The number of carbonyl (C=O) groups excluding carboxylic acids is 4. The number of carbonyl (C=O) groups is 4. The topological polar surface area (TPSA) is 129 Å². The Balaban J connectivity index is 1.16. The van der Waals surface area contributed by atoms with Crippen molar-refractivity contribution in [2.45, 2.75) is 51.5 Å². The zero-order valence-corrected chi connectivity index (χ0v) is 30.6. The Morgan fingerprint density at radius 3 is 1.93 bits per heavy atom. The van der Waals surface area contributed by atoms with Crippen LogP contribution in [0.2, 0.25) is 0 Å². The quantitative estimate of drug-likeness (QED) is 0.0619. The van der Waals surface area contributed by atoms with Crippen LogP contribution >= 0.6 is 0 Å². The molecular formula is C42H43N4O8+. The molecule has 0 saturated carbocycles. The average Bonchev–Trinajstić information content (AvgIpc) is 3.65. The number of benzene rings is 4. The van der Waals surface area contributed by atoms with Gasteiger partial charge in [-0.3, -0.25) is 14.4 Å². The molecule has 0 aliphatic carbocycles. The van der Waals surface area contributed by atoms with Gasteiger partial charge in [-0.25, -0.2) is 9.59 Å². The van der Waals surface area contributed by atoms with E-state index < -0.39 is 48.3 Å². The molecule has 12 nitrogen and oxygen atoms in total. The summed E-state index contributed by atoms with van der Waals surface area (Å²) in [5.74, 6) is -1.66. The van der Waals surface area contributed by atoms with E-state index in [4.69, 9.17) is 19.0 Å². The second kappa shape index (κ2) is 16.6. The van der Waals surface area contributed by atoms with Crippen LogP contribution in [0.5, 0.6) is 5.75 Å². The number of hydroxylamine groups is 2. The lowest BCUT2D eigenvalue weighted by Gasteiger charge is -2.24. The monoisotopic (exact) mass is 731 g/mol. The van der Waals surface area contributed by atoms with Crippen molar-refractivity contribution in [3.05, 3.63) is 144 Å². The molecule has 0 radical (unpaired) electrons. The highest BCUT2D eigenvalue weighted by molar-refractivity contribution is 6.20. The first kappa shape index (κ1) is 37.5. The molecule has 4 aromatic carbocycles. The maximum Gasteiger partial charge on any atom is 0.407 e. The molecule has 1 aliphatic heterocycles. The standard InChI is InChI=1S/C42H42N4O8/c1-42(2,3)54-41(50)43-24-13-25-45-27-32(26-44(45)4)29-20-22-33(23-21-29)52-36(28-51-46-38(47)34-18-11-12-19-35(34)39(46)48)40(49)53-37(30-14-7-5-8-15-30)31-16-9-6-10-17-31/h5-12,14-23,26-27,36-37H,13,24-25,28H2,1-4H3/p+1. The fraction of sp³-hybridized carbons (Fsp3) is 0.262. The van der Waals surface area contributed by atoms with Gasteiger partial charge in [-0.15, -0.1) is 9.75 Å². The summed E-state index contributed by atoms with van der Waals surface area (Å²) in [6, 6.07) is 32.2. The minimum Gasteiger partial charge on any atom is -0.476 e. The maximum absolute atomic E-state index is 14.0. The average molecular weight is 732 g/mol. The highest BCUT2D eigenvalue weighted by Crippen LogP contribution is 2.29. The SMILES string of the molecule is C[n+]1cc(-c2ccc(OC(CON3C(=O)c4ccccc4C3=O)C(=O)OC(c3ccccc3)c3ccccc3)cc2)cn1CCCNC(=O)OC(C)(C)C. The van der Waals surface area contributed by atoms with Crippen LogP contribution in [0.4, 0.5) is 4.79 Å². The highest BCUT2D eigenvalue weighted by atomic mass is 16.7. The molecule has 0 fully saturated rings. The van der Waals surface area contributed by atoms with E-state index in [2.05, 4.69) is 5.32 Å². The number of hydrogen-bond donors (Lipinski definition) is 1. The number of fused-ring (bicyclic) bond motifs is 1. The molecule has 1 atom stereocenters. The van der Waals surface area contributed by atoms with E-state index >= 15 is 0 Å². The number of aryl methyl sites for hydroxylation is 2. The minimum absolute atomic E-state index is 0.214. The predicted octanol–water partition coefficient (Wildman–Crippen LogP) is 6.20. The molecule has 5 aromatic rings. The van der Waals surface area contributed by atoms with E-state index in [9.17, 15) is 19.2 Å². The zero-order chi connectivity index (χ0) is 38.2. The summed E-state index contributed by atoms with van der Waals surface area (Å²) in [5.41, 5.74) is 3.22. The number of hydrogen-bond acceptors (Lipinski definition) is 8. The number of esters is 1. The van der Waals surface area contributed by atoms with Gasteiger partial charge in [-0.1, -0.05) is 84.9 Å². The molecule has 2 heterocycles. The van der Waals surface area contributed by atoms with Crippen LogP contribution in [0.1, 0.15) is 65.1 Å². The molecule has 0 spiro atoms. The van der Waals surface area contributed by atoms with Crippen molar-refractivity contribution < 1.29 is 42.9 Å². The molecular weight excluding hydrogens is 688 g/mol. The summed E-state index contributed by atoms with van der Waals surface area (Å²) in [6.45, 7) is 6.11. The Kier molecular flexibility index (Phi) is 11.5. The maximum atomic E-state index is 14.0. The number of aromatic nitrogens is 2. The molecule has 0 bridgehead atoms. The summed E-state index contributed by atoms with van der Waals surface area (Å²) < 4.78 is 21.6. The molecule has 1 N–H and O–H groups in total. The summed E-state index contributed by atoms with van der Waals surface area (Å²) in [6.07, 6.45) is 2.13. The first-order valence-electron chi connectivity index (χ1n) is 17.7. The van der Waals surface area contributed by atoms with Crippen molar-refractivity contribution in [1.29, 1.82) is 0 Å². The molecule has 1 aliphatic rings. The second-order valence-electron chi connectivity index (χ2n) is 13.7. The Bertz CT molecular complexity index is 2020. The Labute approximate surface area is 313 Å². The first-order chi connectivity index (χ1) is 26.0. The lowest BCUT2D eigenvalue weighted by molar-refractivity contribution is -0.753. The summed E-state index contributed by atoms with van der Waals surface area (Å²) >= 11 is 0. The van der Waals surface area contributed by atoms with Gasteiger partial charge in [-0.05, 0) is 68.1 Å². The van der Waals surface area contributed by atoms with Crippen molar-refractivity contribution in [2.24, 2.45) is 7.05 Å². The van der Waals surface area contributed by atoms with Crippen LogP contribution in [0.3, 0.4) is 0 Å². The van der Waals surface area contributed by atoms with Crippen LogP contribution in [0.15, 0.2) is 122 Å². The highest BCUT2D eigenvalue weighted by Gasteiger charge is 2.38. The van der Waals surface area contributed by atoms with Gasteiger partial charge < -0.3 is 19.5 Å². The number of nitrogens with zero attached hydrogens (tertiary/aromatic N) is 3. The van der Waals surface area contributed by atoms with E-state index in [-0.39, 0.29) is 11.1 Å². The minimum atomic E-state index is -1.36. The number of nitrogens with one attached hydrogen (secondary N) is 1.